The lowest BCUT2D eigenvalue weighted by atomic mass is 10.2. The Hall–Kier alpha value is -4.09. The number of urea groups is 1. The first-order chi connectivity index (χ1) is 18.2. The first-order valence-electron chi connectivity index (χ1n) is 11.8. The molecule has 38 heavy (non-hydrogen) atoms. The van der Waals surface area contributed by atoms with Crippen LogP contribution in [0, 0.1) is 0 Å². The lowest BCUT2D eigenvalue weighted by Gasteiger charge is -2.29. The third kappa shape index (κ3) is 5.29. The van der Waals surface area contributed by atoms with Gasteiger partial charge in [-0.15, -0.1) is 0 Å². The first-order valence-corrected chi connectivity index (χ1v) is 14.8. The Bertz CT molecular complexity index is 1490. The van der Waals surface area contributed by atoms with Crippen LogP contribution in [0.2, 0.25) is 0 Å². The Morgan fingerprint density at radius 2 is 0.974 bits per heavy atom. The van der Waals surface area contributed by atoms with Gasteiger partial charge in [0.05, 0.1) is 9.79 Å². The van der Waals surface area contributed by atoms with Crippen LogP contribution in [0.1, 0.15) is 13.8 Å². The van der Waals surface area contributed by atoms with Crippen LogP contribution in [-0.2, 0) is 19.7 Å². The number of benzene rings is 2. The second kappa shape index (κ2) is 11.1. The van der Waals surface area contributed by atoms with Crippen molar-refractivity contribution in [1.29, 1.82) is 0 Å². The Labute approximate surface area is 222 Å². The van der Waals surface area contributed by atoms with Crippen molar-refractivity contribution in [3.8, 4) is 0 Å². The number of aromatic nitrogens is 2. The van der Waals surface area contributed by atoms with Crippen LogP contribution in [0.4, 0.5) is 16.2 Å². The van der Waals surface area contributed by atoms with Gasteiger partial charge in [0.1, 0.15) is 0 Å². The SMILES string of the molecule is CCN(C(=O)N(CC)c1ccc(S(=O)(=O)c2ccccn2)cc1)c1ccc(S(=O)(=O)c2ccccn2)cc1. The molecule has 4 rings (SSSR count). The molecule has 0 aliphatic carbocycles. The van der Waals surface area contributed by atoms with E-state index in [4.69, 9.17) is 0 Å². The van der Waals surface area contributed by atoms with Crippen LogP contribution < -0.4 is 9.80 Å². The van der Waals surface area contributed by atoms with Crippen LogP contribution in [0.5, 0.6) is 0 Å². The number of rotatable bonds is 8. The molecule has 0 unspecified atom stereocenters. The molecule has 9 nitrogen and oxygen atoms in total. The summed E-state index contributed by atoms with van der Waals surface area (Å²) in [4.78, 5) is 24.5. The Balaban J connectivity index is 1.57. The molecule has 11 heteroatoms. The lowest BCUT2D eigenvalue weighted by Crippen LogP contribution is -2.43. The van der Waals surface area contributed by atoms with Gasteiger partial charge < -0.3 is 0 Å². The standard InChI is InChI=1S/C27H26N4O5S2/c1-3-30(21-11-15-23(16-12-21)37(33,34)25-9-5-7-19-28-25)27(32)31(4-2)22-13-17-24(18-14-22)38(35,36)26-10-6-8-20-29-26/h5-20H,3-4H2,1-2H3. The topological polar surface area (TPSA) is 118 Å². The fourth-order valence-corrected chi connectivity index (χ4v) is 6.25. The zero-order chi connectivity index (χ0) is 27.3. The molecule has 0 aliphatic heterocycles. The van der Waals surface area contributed by atoms with E-state index in [9.17, 15) is 21.6 Å². The van der Waals surface area contributed by atoms with Crippen molar-refractivity contribution in [1.82, 2.24) is 9.97 Å². The van der Waals surface area contributed by atoms with Gasteiger partial charge in [-0.05, 0) is 86.6 Å². The highest BCUT2D eigenvalue weighted by Crippen LogP contribution is 2.26. The monoisotopic (exact) mass is 550 g/mol. The average molecular weight is 551 g/mol. The van der Waals surface area contributed by atoms with Crippen LogP contribution in [0.15, 0.2) is 117 Å². The van der Waals surface area contributed by atoms with E-state index in [2.05, 4.69) is 9.97 Å². The van der Waals surface area contributed by atoms with Gasteiger partial charge in [-0.1, -0.05) is 12.1 Å². The van der Waals surface area contributed by atoms with Gasteiger partial charge in [-0.2, -0.15) is 0 Å². The van der Waals surface area contributed by atoms with Gasteiger partial charge in [-0.3, -0.25) is 9.80 Å². The summed E-state index contributed by atoms with van der Waals surface area (Å²) in [5, 5.41) is -0.108. The Morgan fingerprint density at radius 3 is 1.26 bits per heavy atom. The van der Waals surface area contributed by atoms with Crippen molar-refractivity contribution >= 4 is 37.1 Å². The minimum atomic E-state index is -3.79. The minimum absolute atomic E-state index is 0.0539. The predicted molar refractivity (Wildman–Crippen MR) is 144 cm³/mol. The number of anilines is 2. The highest BCUT2D eigenvalue weighted by Gasteiger charge is 2.25. The maximum Gasteiger partial charge on any atom is 0.328 e. The zero-order valence-corrected chi connectivity index (χ0v) is 22.4. The molecule has 2 amide bonds. The van der Waals surface area contributed by atoms with Crippen molar-refractivity contribution in [3.63, 3.8) is 0 Å². The largest absolute Gasteiger partial charge is 0.328 e. The number of hydrogen-bond acceptors (Lipinski definition) is 7. The van der Waals surface area contributed by atoms with Gasteiger partial charge in [0.25, 0.3) is 0 Å². The highest BCUT2D eigenvalue weighted by molar-refractivity contribution is 7.91. The molecular weight excluding hydrogens is 524 g/mol. The van der Waals surface area contributed by atoms with Gasteiger partial charge in [0.2, 0.25) is 19.7 Å². The molecule has 0 atom stereocenters. The molecule has 0 spiro atoms. The predicted octanol–water partition coefficient (Wildman–Crippen LogP) is 4.62. The van der Waals surface area contributed by atoms with Crippen molar-refractivity contribution in [3.05, 3.63) is 97.3 Å². The summed E-state index contributed by atoms with van der Waals surface area (Å²) >= 11 is 0. The van der Waals surface area contributed by atoms with Crippen molar-refractivity contribution < 1.29 is 21.6 Å². The summed E-state index contributed by atoms with van der Waals surface area (Å²) in [6, 6.07) is 21.1. The van der Waals surface area contributed by atoms with E-state index in [1.54, 1.807) is 48.5 Å². The molecule has 0 saturated heterocycles. The van der Waals surface area contributed by atoms with E-state index >= 15 is 0 Å². The molecule has 2 aromatic carbocycles. The third-order valence-electron chi connectivity index (χ3n) is 5.84. The zero-order valence-electron chi connectivity index (χ0n) is 20.8. The highest BCUT2D eigenvalue weighted by atomic mass is 32.2. The quantitative estimate of drug-likeness (QED) is 0.314. The molecular formula is C27H26N4O5S2. The summed E-state index contributed by atoms with van der Waals surface area (Å²) in [6.07, 6.45) is 2.83. The summed E-state index contributed by atoms with van der Waals surface area (Å²) in [5.41, 5.74) is 1.04. The molecule has 196 valence electrons. The van der Waals surface area contributed by atoms with Gasteiger partial charge in [0.15, 0.2) is 10.1 Å². The lowest BCUT2D eigenvalue weighted by molar-refractivity contribution is 0.252. The molecule has 0 radical (unpaired) electrons. The van der Waals surface area contributed by atoms with Crippen molar-refractivity contribution in [2.45, 2.75) is 33.7 Å². The van der Waals surface area contributed by atoms with Crippen LogP contribution >= 0.6 is 0 Å². The van der Waals surface area contributed by atoms with Crippen molar-refractivity contribution in [2.75, 3.05) is 22.9 Å². The molecule has 0 N–H and O–H groups in total. The van der Waals surface area contributed by atoms with Gasteiger partial charge in [-0.25, -0.2) is 31.6 Å². The molecule has 0 bridgehead atoms. The van der Waals surface area contributed by atoms with E-state index < -0.39 is 19.7 Å². The molecule has 0 saturated carbocycles. The number of sulfone groups is 2. The van der Waals surface area contributed by atoms with E-state index in [0.29, 0.717) is 24.5 Å². The van der Waals surface area contributed by atoms with Gasteiger partial charge in [0, 0.05) is 36.9 Å². The molecule has 0 aliphatic rings. The number of carbonyl (C=O) groups is 1. The average Bonchev–Trinajstić information content (AvgIpc) is 2.95. The fraction of sp³-hybridized carbons (Fsp3) is 0.148. The molecule has 4 aromatic rings. The second-order valence-corrected chi connectivity index (χ2v) is 11.9. The smallest absolute Gasteiger partial charge is 0.294 e. The van der Waals surface area contributed by atoms with Crippen LogP contribution in [-0.4, -0.2) is 45.9 Å². The maximum atomic E-state index is 13.5. The summed E-state index contributed by atoms with van der Waals surface area (Å²) in [7, 11) is -7.57. The van der Waals surface area contributed by atoms with E-state index in [1.807, 2.05) is 13.8 Å². The number of pyridine rings is 2. The fourth-order valence-electron chi connectivity index (χ4n) is 3.87. The minimum Gasteiger partial charge on any atom is -0.294 e. The summed E-state index contributed by atoms with van der Waals surface area (Å²) in [5.74, 6) is 0. The maximum absolute atomic E-state index is 13.5. The van der Waals surface area contributed by atoms with Crippen molar-refractivity contribution in [2.24, 2.45) is 0 Å². The Morgan fingerprint density at radius 1 is 0.605 bits per heavy atom. The molecule has 2 aromatic heterocycles. The summed E-state index contributed by atoms with van der Waals surface area (Å²) < 4.78 is 51.4. The second-order valence-electron chi connectivity index (χ2n) is 8.10. The number of carbonyl (C=O) groups excluding carboxylic acids is 1. The van der Waals surface area contributed by atoms with Gasteiger partial charge >= 0.3 is 6.03 Å². The van der Waals surface area contributed by atoms with Crippen LogP contribution in [0.25, 0.3) is 0 Å². The molecule has 2 heterocycles. The normalized spacial score (nSPS) is 11.6. The number of hydrogen-bond donors (Lipinski definition) is 0. The summed E-state index contributed by atoms with van der Waals surface area (Å²) in [6.45, 7) is 4.28. The molecule has 0 fully saturated rings. The van der Waals surface area contributed by atoms with E-state index in [1.165, 1.54) is 58.6 Å². The third-order valence-corrected chi connectivity index (χ3v) is 9.21. The van der Waals surface area contributed by atoms with E-state index in [-0.39, 0.29) is 25.9 Å². The first kappa shape index (κ1) is 27.0. The number of nitrogens with zero attached hydrogens (tertiary/aromatic N) is 4. The Kier molecular flexibility index (Phi) is 7.88. The number of amides is 2. The van der Waals surface area contributed by atoms with E-state index in [0.717, 1.165) is 0 Å². The van der Waals surface area contributed by atoms with Crippen LogP contribution in [0.3, 0.4) is 0 Å².